The SMILES string of the molecule is CCNC1CN(CCOCC)Sc2sc(S(N)(=O)=O)cc21. The Balaban J connectivity index is 2.19. The Morgan fingerprint density at radius 3 is 2.90 bits per heavy atom. The Hall–Kier alpha value is -0.160. The summed E-state index contributed by atoms with van der Waals surface area (Å²) in [6.45, 7) is 7.84. The van der Waals surface area contributed by atoms with Gasteiger partial charge < -0.3 is 10.1 Å². The molecule has 1 unspecified atom stereocenters. The van der Waals surface area contributed by atoms with Crippen molar-refractivity contribution in [3.05, 3.63) is 11.6 Å². The van der Waals surface area contributed by atoms with Gasteiger partial charge in [0, 0.05) is 25.7 Å². The molecule has 0 spiro atoms. The largest absolute Gasteiger partial charge is 0.380 e. The van der Waals surface area contributed by atoms with E-state index in [1.165, 1.54) is 11.3 Å². The Kier molecular flexibility index (Phi) is 6.06. The van der Waals surface area contributed by atoms with Crippen LogP contribution in [-0.2, 0) is 14.8 Å². The van der Waals surface area contributed by atoms with Crippen molar-refractivity contribution in [2.75, 3.05) is 32.8 Å². The number of nitrogens with one attached hydrogen (secondary N) is 1. The lowest BCUT2D eigenvalue weighted by Gasteiger charge is -2.31. The van der Waals surface area contributed by atoms with Gasteiger partial charge in [0.2, 0.25) is 10.0 Å². The van der Waals surface area contributed by atoms with Gasteiger partial charge in [0.15, 0.2) is 0 Å². The molecule has 1 aliphatic heterocycles. The summed E-state index contributed by atoms with van der Waals surface area (Å²) in [4.78, 5) is 0. The second-order valence-corrected chi connectivity index (χ2v) is 8.85. The molecule has 1 aromatic rings. The molecule has 0 saturated carbocycles. The van der Waals surface area contributed by atoms with E-state index >= 15 is 0 Å². The Labute approximate surface area is 134 Å². The molecule has 120 valence electrons. The highest BCUT2D eigenvalue weighted by atomic mass is 32.3. The molecule has 2 heterocycles. The monoisotopic (exact) mass is 351 g/mol. The number of thiophene rings is 1. The summed E-state index contributed by atoms with van der Waals surface area (Å²) in [5.74, 6) is 0. The molecule has 3 N–H and O–H groups in total. The highest BCUT2D eigenvalue weighted by Crippen LogP contribution is 2.43. The molecule has 1 atom stereocenters. The van der Waals surface area contributed by atoms with Gasteiger partial charge in [-0.25, -0.2) is 17.9 Å². The standard InChI is InChI=1S/C12H21N3O3S3/c1-3-14-10-8-15(5-6-18-4-2)20-12-9(10)7-11(19-12)21(13,16)17/h7,10,14H,3-6,8H2,1-2H3,(H2,13,16,17). The number of ether oxygens (including phenoxy) is 1. The molecule has 0 radical (unpaired) electrons. The fourth-order valence-corrected chi connectivity index (χ4v) is 5.66. The van der Waals surface area contributed by atoms with E-state index in [4.69, 9.17) is 9.88 Å². The number of primary sulfonamides is 1. The van der Waals surface area contributed by atoms with Gasteiger partial charge in [0.05, 0.1) is 10.8 Å². The summed E-state index contributed by atoms with van der Waals surface area (Å²) < 4.78 is 31.9. The van der Waals surface area contributed by atoms with Crippen LogP contribution in [0.5, 0.6) is 0 Å². The average molecular weight is 352 g/mol. The van der Waals surface area contributed by atoms with Crippen molar-refractivity contribution in [3.63, 3.8) is 0 Å². The van der Waals surface area contributed by atoms with Crippen LogP contribution in [0.2, 0.25) is 0 Å². The molecule has 9 heteroatoms. The molecule has 0 bridgehead atoms. The number of likely N-dealkylation sites (N-methyl/N-ethyl adjacent to an activating group) is 1. The zero-order valence-electron chi connectivity index (χ0n) is 12.2. The Bertz CT molecular complexity index is 574. The molecule has 0 aliphatic carbocycles. The topological polar surface area (TPSA) is 84.7 Å². The van der Waals surface area contributed by atoms with Gasteiger partial charge >= 0.3 is 0 Å². The predicted octanol–water partition coefficient (Wildman–Crippen LogP) is 1.41. The van der Waals surface area contributed by atoms with Crippen LogP contribution in [0.15, 0.2) is 14.5 Å². The summed E-state index contributed by atoms with van der Waals surface area (Å²) in [5.41, 5.74) is 1.03. The fourth-order valence-electron chi connectivity index (χ4n) is 2.15. The third-order valence-corrected chi connectivity index (χ3v) is 6.93. The molecule has 21 heavy (non-hydrogen) atoms. The van der Waals surface area contributed by atoms with E-state index in [1.807, 2.05) is 13.8 Å². The average Bonchev–Trinajstić information content (AvgIpc) is 2.83. The van der Waals surface area contributed by atoms with Crippen LogP contribution >= 0.6 is 23.3 Å². The molecule has 0 amide bonds. The lowest BCUT2D eigenvalue weighted by atomic mass is 10.1. The zero-order chi connectivity index (χ0) is 15.5. The van der Waals surface area contributed by atoms with Crippen LogP contribution in [0.4, 0.5) is 0 Å². The first-order valence-corrected chi connectivity index (χ1v) is 9.99. The number of hydrogen-bond donors (Lipinski definition) is 2. The van der Waals surface area contributed by atoms with E-state index in [1.54, 1.807) is 18.0 Å². The minimum atomic E-state index is -3.64. The van der Waals surface area contributed by atoms with E-state index in [0.29, 0.717) is 13.2 Å². The number of nitrogens with two attached hydrogens (primary N) is 1. The number of rotatable bonds is 7. The third-order valence-electron chi connectivity index (χ3n) is 3.10. The summed E-state index contributed by atoms with van der Waals surface area (Å²) in [6, 6.07) is 1.83. The molecule has 0 saturated heterocycles. The lowest BCUT2D eigenvalue weighted by Crippen LogP contribution is -2.36. The van der Waals surface area contributed by atoms with Crippen LogP contribution in [0.1, 0.15) is 25.5 Å². The Morgan fingerprint density at radius 1 is 1.52 bits per heavy atom. The molecule has 0 aromatic carbocycles. The van der Waals surface area contributed by atoms with Gasteiger partial charge in [-0.05, 0) is 37.0 Å². The van der Waals surface area contributed by atoms with Crippen LogP contribution in [0.25, 0.3) is 0 Å². The maximum atomic E-state index is 11.5. The van der Waals surface area contributed by atoms with Gasteiger partial charge in [-0.15, -0.1) is 11.3 Å². The number of hydrogen-bond acceptors (Lipinski definition) is 7. The van der Waals surface area contributed by atoms with Crippen LogP contribution in [-0.4, -0.2) is 45.6 Å². The van der Waals surface area contributed by atoms with Gasteiger partial charge in [-0.2, -0.15) is 0 Å². The van der Waals surface area contributed by atoms with Gasteiger partial charge in [0.25, 0.3) is 0 Å². The first-order chi connectivity index (χ1) is 9.95. The second-order valence-electron chi connectivity index (χ2n) is 4.64. The minimum absolute atomic E-state index is 0.125. The number of nitrogens with zero attached hydrogens (tertiary/aromatic N) is 1. The smallest absolute Gasteiger partial charge is 0.247 e. The normalized spacial score (nSPS) is 19.7. The maximum Gasteiger partial charge on any atom is 0.247 e. The molecular formula is C12H21N3O3S3. The predicted molar refractivity (Wildman–Crippen MR) is 86.0 cm³/mol. The number of sulfonamides is 1. The highest BCUT2D eigenvalue weighted by molar-refractivity contribution is 7.99. The van der Waals surface area contributed by atoms with E-state index < -0.39 is 10.0 Å². The van der Waals surface area contributed by atoms with Crippen LogP contribution in [0, 0.1) is 0 Å². The molecule has 0 fully saturated rings. The van der Waals surface area contributed by atoms with E-state index in [9.17, 15) is 8.42 Å². The second kappa shape index (κ2) is 7.40. The van der Waals surface area contributed by atoms with E-state index in [0.717, 1.165) is 29.4 Å². The van der Waals surface area contributed by atoms with E-state index in [-0.39, 0.29) is 10.3 Å². The summed E-state index contributed by atoms with van der Waals surface area (Å²) in [6.07, 6.45) is 0. The molecule has 2 rings (SSSR count). The maximum absolute atomic E-state index is 11.5. The van der Waals surface area contributed by atoms with Gasteiger partial charge in [-0.1, -0.05) is 6.92 Å². The van der Waals surface area contributed by atoms with Gasteiger partial charge in [-0.3, -0.25) is 0 Å². The molecule has 1 aliphatic rings. The van der Waals surface area contributed by atoms with Crippen molar-refractivity contribution >= 4 is 33.3 Å². The third kappa shape index (κ3) is 4.41. The molecule has 6 nitrogen and oxygen atoms in total. The quantitative estimate of drug-likeness (QED) is 0.571. The van der Waals surface area contributed by atoms with Crippen molar-refractivity contribution in [1.29, 1.82) is 0 Å². The van der Waals surface area contributed by atoms with Crippen molar-refractivity contribution in [1.82, 2.24) is 9.62 Å². The number of fused-ring (bicyclic) bond motifs is 1. The van der Waals surface area contributed by atoms with E-state index in [2.05, 4.69) is 9.62 Å². The van der Waals surface area contributed by atoms with Gasteiger partial charge in [0.1, 0.15) is 4.21 Å². The summed E-state index contributed by atoms with van der Waals surface area (Å²) >= 11 is 2.83. The fraction of sp³-hybridized carbons (Fsp3) is 0.667. The zero-order valence-corrected chi connectivity index (χ0v) is 14.6. The highest BCUT2D eigenvalue weighted by Gasteiger charge is 2.29. The first-order valence-electron chi connectivity index (χ1n) is 6.86. The first kappa shape index (κ1) is 17.2. The minimum Gasteiger partial charge on any atom is -0.380 e. The van der Waals surface area contributed by atoms with Crippen LogP contribution < -0.4 is 10.5 Å². The van der Waals surface area contributed by atoms with Crippen molar-refractivity contribution in [2.24, 2.45) is 5.14 Å². The Morgan fingerprint density at radius 2 is 2.29 bits per heavy atom. The van der Waals surface area contributed by atoms with Crippen molar-refractivity contribution in [2.45, 2.75) is 28.3 Å². The molecular weight excluding hydrogens is 330 g/mol. The summed E-state index contributed by atoms with van der Waals surface area (Å²) in [5, 5.41) is 8.64. The van der Waals surface area contributed by atoms with Crippen molar-refractivity contribution < 1.29 is 13.2 Å². The molecule has 1 aromatic heterocycles. The van der Waals surface area contributed by atoms with Crippen LogP contribution in [0.3, 0.4) is 0 Å². The summed E-state index contributed by atoms with van der Waals surface area (Å²) in [7, 11) is -3.64. The van der Waals surface area contributed by atoms with Crippen molar-refractivity contribution in [3.8, 4) is 0 Å². The lowest BCUT2D eigenvalue weighted by molar-refractivity contribution is 0.134.